The third kappa shape index (κ3) is 1.06. The number of carbonyl (C=O) groups is 1. The van der Waals surface area contributed by atoms with Crippen LogP contribution in [0.2, 0.25) is 0 Å². The molecule has 1 unspecified atom stereocenters. The molecule has 0 aromatic rings. The van der Waals surface area contributed by atoms with Gasteiger partial charge in [0, 0.05) is 5.92 Å². The minimum atomic E-state index is -0.0176. The fourth-order valence-electron chi connectivity index (χ4n) is 2.12. The van der Waals surface area contributed by atoms with E-state index in [4.69, 9.17) is 4.74 Å². The molecule has 1 heterocycles. The maximum Gasteiger partial charge on any atom is 0.309 e. The molecule has 1 aliphatic carbocycles. The summed E-state index contributed by atoms with van der Waals surface area (Å²) >= 11 is 0. The maximum atomic E-state index is 11.2. The predicted octanol–water partition coefficient (Wildman–Crippen LogP) is 1.90. The summed E-state index contributed by atoms with van der Waals surface area (Å²) in [6.45, 7) is 4.08. The topological polar surface area (TPSA) is 26.3 Å². The highest BCUT2D eigenvalue weighted by atomic mass is 16.6. The summed E-state index contributed by atoms with van der Waals surface area (Å²) in [6.07, 6.45) is 4.43. The van der Waals surface area contributed by atoms with Crippen LogP contribution in [-0.4, -0.2) is 12.1 Å². The number of allylic oxidation sites excluding steroid dienone is 1. The van der Waals surface area contributed by atoms with Crippen molar-refractivity contribution in [2.45, 2.75) is 32.8 Å². The van der Waals surface area contributed by atoms with Gasteiger partial charge in [-0.3, -0.25) is 4.79 Å². The molecule has 66 valence electrons. The van der Waals surface area contributed by atoms with Gasteiger partial charge in [0.1, 0.15) is 6.10 Å². The van der Waals surface area contributed by atoms with Crippen molar-refractivity contribution in [2.75, 3.05) is 0 Å². The van der Waals surface area contributed by atoms with E-state index in [9.17, 15) is 4.79 Å². The molecule has 0 radical (unpaired) electrons. The standard InChI is InChI=1S/C10H14O2/c1-6-3-4-8-7(2)10(11)12-9(8)5-6/h5,7-9H,3-4H2,1-2H3/t7-,8-,9?/m0/s1. The maximum absolute atomic E-state index is 11.2. The Kier molecular flexibility index (Phi) is 1.71. The van der Waals surface area contributed by atoms with Gasteiger partial charge in [0.25, 0.3) is 0 Å². The molecule has 0 amide bonds. The van der Waals surface area contributed by atoms with E-state index in [1.165, 1.54) is 5.57 Å². The second kappa shape index (κ2) is 2.61. The van der Waals surface area contributed by atoms with Crippen molar-refractivity contribution in [3.8, 4) is 0 Å². The van der Waals surface area contributed by atoms with Gasteiger partial charge in [0.05, 0.1) is 5.92 Å². The van der Waals surface area contributed by atoms with Gasteiger partial charge < -0.3 is 4.74 Å². The predicted molar refractivity (Wildman–Crippen MR) is 45.5 cm³/mol. The molecular formula is C10H14O2. The van der Waals surface area contributed by atoms with Gasteiger partial charge in [0.2, 0.25) is 0 Å². The molecule has 12 heavy (non-hydrogen) atoms. The van der Waals surface area contributed by atoms with Crippen LogP contribution >= 0.6 is 0 Å². The van der Waals surface area contributed by atoms with E-state index in [-0.39, 0.29) is 18.0 Å². The summed E-state index contributed by atoms with van der Waals surface area (Å²) < 4.78 is 5.23. The van der Waals surface area contributed by atoms with Crippen LogP contribution in [0.1, 0.15) is 26.7 Å². The van der Waals surface area contributed by atoms with Crippen LogP contribution in [0.5, 0.6) is 0 Å². The number of ether oxygens (including phenoxy) is 1. The van der Waals surface area contributed by atoms with Crippen molar-refractivity contribution in [3.63, 3.8) is 0 Å². The third-order valence-electron chi connectivity index (χ3n) is 3.01. The molecule has 1 fully saturated rings. The molecule has 0 aromatic carbocycles. The van der Waals surface area contributed by atoms with Crippen molar-refractivity contribution < 1.29 is 9.53 Å². The lowest BCUT2D eigenvalue weighted by molar-refractivity contribution is -0.142. The molecule has 0 spiro atoms. The van der Waals surface area contributed by atoms with Gasteiger partial charge in [-0.15, -0.1) is 0 Å². The Morgan fingerprint density at radius 3 is 3.08 bits per heavy atom. The number of esters is 1. The van der Waals surface area contributed by atoms with Crippen LogP contribution < -0.4 is 0 Å². The Labute approximate surface area is 72.6 Å². The Morgan fingerprint density at radius 2 is 2.33 bits per heavy atom. The average Bonchev–Trinajstić information content (AvgIpc) is 2.28. The number of carbonyl (C=O) groups excluding carboxylic acids is 1. The lowest BCUT2D eigenvalue weighted by Gasteiger charge is -2.22. The molecule has 2 rings (SSSR count). The van der Waals surface area contributed by atoms with Crippen LogP contribution in [0.15, 0.2) is 11.6 Å². The summed E-state index contributed by atoms with van der Waals surface area (Å²) in [7, 11) is 0. The SMILES string of the molecule is CC1=CC2OC(=O)[C@@H](C)[C@@H]2CC1. The number of hydrogen-bond donors (Lipinski definition) is 0. The lowest BCUT2D eigenvalue weighted by atomic mass is 9.82. The summed E-state index contributed by atoms with van der Waals surface area (Å²) in [5, 5.41) is 0. The van der Waals surface area contributed by atoms with Crippen molar-refractivity contribution in [1.82, 2.24) is 0 Å². The van der Waals surface area contributed by atoms with Gasteiger partial charge in [-0.25, -0.2) is 0 Å². The van der Waals surface area contributed by atoms with Crippen LogP contribution in [0, 0.1) is 11.8 Å². The molecule has 0 bridgehead atoms. The van der Waals surface area contributed by atoms with Gasteiger partial charge in [-0.1, -0.05) is 12.5 Å². The molecule has 2 heteroatoms. The Morgan fingerprint density at radius 1 is 1.58 bits per heavy atom. The first-order chi connectivity index (χ1) is 5.68. The van der Waals surface area contributed by atoms with Crippen LogP contribution in [0.25, 0.3) is 0 Å². The monoisotopic (exact) mass is 166 g/mol. The van der Waals surface area contributed by atoms with E-state index in [0.717, 1.165) is 12.8 Å². The Bertz CT molecular complexity index is 242. The highest BCUT2D eigenvalue weighted by Gasteiger charge is 2.41. The quantitative estimate of drug-likeness (QED) is 0.406. The zero-order chi connectivity index (χ0) is 8.72. The van der Waals surface area contributed by atoms with E-state index < -0.39 is 0 Å². The molecular weight excluding hydrogens is 152 g/mol. The van der Waals surface area contributed by atoms with E-state index in [2.05, 4.69) is 13.0 Å². The summed E-state index contributed by atoms with van der Waals surface area (Å²) in [4.78, 5) is 11.2. The molecule has 3 atom stereocenters. The van der Waals surface area contributed by atoms with Gasteiger partial charge >= 0.3 is 5.97 Å². The first-order valence-corrected chi connectivity index (χ1v) is 4.56. The summed E-state index contributed by atoms with van der Waals surface area (Å²) in [5.74, 6) is 0.538. The number of fused-ring (bicyclic) bond motifs is 1. The minimum Gasteiger partial charge on any atom is -0.458 e. The molecule has 0 aromatic heterocycles. The van der Waals surface area contributed by atoms with Crippen molar-refractivity contribution >= 4 is 5.97 Å². The summed E-state index contributed by atoms with van der Waals surface area (Å²) in [6, 6.07) is 0. The number of hydrogen-bond acceptors (Lipinski definition) is 2. The Hall–Kier alpha value is -0.790. The molecule has 0 saturated carbocycles. The fraction of sp³-hybridized carbons (Fsp3) is 0.700. The second-order valence-electron chi connectivity index (χ2n) is 3.91. The van der Waals surface area contributed by atoms with Crippen molar-refractivity contribution in [1.29, 1.82) is 0 Å². The summed E-state index contributed by atoms with van der Waals surface area (Å²) in [5.41, 5.74) is 1.36. The zero-order valence-corrected chi connectivity index (χ0v) is 7.54. The molecule has 2 aliphatic rings. The highest BCUT2D eigenvalue weighted by molar-refractivity contribution is 5.75. The van der Waals surface area contributed by atoms with E-state index in [1.54, 1.807) is 0 Å². The first-order valence-electron chi connectivity index (χ1n) is 4.56. The van der Waals surface area contributed by atoms with Crippen molar-refractivity contribution in [3.05, 3.63) is 11.6 Å². The molecule has 2 nitrogen and oxygen atoms in total. The molecule has 0 N–H and O–H groups in total. The molecule has 1 saturated heterocycles. The highest BCUT2D eigenvalue weighted by Crippen LogP contribution is 2.37. The Balaban J connectivity index is 2.22. The minimum absolute atomic E-state index is 0.0176. The lowest BCUT2D eigenvalue weighted by Crippen LogP contribution is -2.21. The zero-order valence-electron chi connectivity index (χ0n) is 7.54. The second-order valence-corrected chi connectivity index (χ2v) is 3.91. The van der Waals surface area contributed by atoms with E-state index in [0.29, 0.717) is 5.92 Å². The van der Waals surface area contributed by atoms with Crippen LogP contribution in [0.3, 0.4) is 0 Å². The average molecular weight is 166 g/mol. The normalized spacial score (nSPS) is 40.3. The first kappa shape index (κ1) is 7.84. The van der Waals surface area contributed by atoms with Gasteiger partial charge in [-0.05, 0) is 25.8 Å². The van der Waals surface area contributed by atoms with Gasteiger partial charge in [-0.2, -0.15) is 0 Å². The molecule has 1 aliphatic heterocycles. The van der Waals surface area contributed by atoms with E-state index >= 15 is 0 Å². The van der Waals surface area contributed by atoms with E-state index in [1.807, 2.05) is 6.92 Å². The van der Waals surface area contributed by atoms with Crippen molar-refractivity contribution in [2.24, 2.45) is 11.8 Å². The van der Waals surface area contributed by atoms with Crippen LogP contribution in [0.4, 0.5) is 0 Å². The fourth-order valence-corrected chi connectivity index (χ4v) is 2.12. The smallest absolute Gasteiger partial charge is 0.309 e. The van der Waals surface area contributed by atoms with Crippen LogP contribution in [-0.2, 0) is 9.53 Å². The largest absolute Gasteiger partial charge is 0.458 e. The third-order valence-corrected chi connectivity index (χ3v) is 3.01. The van der Waals surface area contributed by atoms with Gasteiger partial charge in [0.15, 0.2) is 0 Å². The number of rotatable bonds is 0.